The van der Waals surface area contributed by atoms with Gasteiger partial charge >= 0.3 is 5.69 Å². The van der Waals surface area contributed by atoms with E-state index >= 15 is 0 Å². The van der Waals surface area contributed by atoms with Gasteiger partial charge in [0, 0.05) is 12.4 Å². The molecule has 3 aromatic rings. The van der Waals surface area contributed by atoms with E-state index in [2.05, 4.69) is 9.97 Å². The highest BCUT2D eigenvalue weighted by atomic mass is 16.2. The molecule has 5 heteroatoms. The SMILES string of the molecule is Cn1c(=O)[nH]c2nc3ccccc3cc2c1=O. The molecule has 0 amide bonds. The maximum atomic E-state index is 11.9. The van der Waals surface area contributed by atoms with Gasteiger partial charge in [0.05, 0.1) is 10.9 Å². The number of nitrogens with one attached hydrogen (secondary N) is 1. The fourth-order valence-electron chi connectivity index (χ4n) is 1.83. The first-order valence-electron chi connectivity index (χ1n) is 5.15. The van der Waals surface area contributed by atoms with Crippen LogP contribution in [0.3, 0.4) is 0 Å². The molecule has 0 aliphatic rings. The highest BCUT2D eigenvalue weighted by molar-refractivity contribution is 5.90. The van der Waals surface area contributed by atoms with E-state index in [0.717, 1.165) is 15.5 Å². The van der Waals surface area contributed by atoms with E-state index in [-0.39, 0.29) is 5.56 Å². The van der Waals surface area contributed by atoms with E-state index in [9.17, 15) is 9.59 Å². The van der Waals surface area contributed by atoms with Crippen LogP contribution in [0, 0.1) is 0 Å². The van der Waals surface area contributed by atoms with Crippen LogP contribution in [0.25, 0.3) is 21.9 Å². The number of pyridine rings is 1. The minimum absolute atomic E-state index is 0.330. The minimum atomic E-state index is -0.453. The lowest BCUT2D eigenvalue weighted by Crippen LogP contribution is -2.32. The number of H-pyrrole nitrogens is 1. The van der Waals surface area contributed by atoms with Crippen molar-refractivity contribution in [3.63, 3.8) is 0 Å². The summed E-state index contributed by atoms with van der Waals surface area (Å²) in [4.78, 5) is 30.2. The number of rotatable bonds is 0. The second kappa shape index (κ2) is 3.28. The third kappa shape index (κ3) is 1.36. The van der Waals surface area contributed by atoms with E-state index in [1.165, 1.54) is 7.05 Å². The Hall–Kier alpha value is -2.43. The van der Waals surface area contributed by atoms with Gasteiger partial charge in [-0.25, -0.2) is 9.78 Å². The molecule has 0 unspecified atom stereocenters. The molecule has 3 rings (SSSR count). The number of para-hydroxylation sites is 1. The number of fused-ring (bicyclic) bond motifs is 2. The molecule has 0 fully saturated rings. The zero-order valence-corrected chi connectivity index (χ0v) is 9.10. The fourth-order valence-corrected chi connectivity index (χ4v) is 1.83. The van der Waals surface area contributed by atoms with E-state index in [4.69, 9.17) is 0 Å². The van der Waals surface area contributed by atoms with Crippen LogP contribution in [0.15, 0.2) is 39.9 Å². The third-order valence-electron chi connectivity index (χ3n) is 2.79. The highest BCUT2D eigenvalue weighted by Crippen LogP contribution is 2.14. The second-order valence-electron chi connectivity index (χ2n) is 3.87. The Kier molecular flexibility index (Phi) is 1.89. The quantitative estimate of drug-likeness (QED) is 0.577. The Labute approximate surface area is 95.4 Å². The lowest BCUT2D eigenvalue weighted by Gasteiger charge is -2.02. The zero-order valence-electron chi connectivity index (χ0n) is 9.10. The van der Waals surface area contributed by atoms with Crippen molar-refractivity contribution in [1.82, 2.24) is 14.5 Å². The molecule has 0 radical (unpaired) electrons. The molecule has 5 nitrogen and oxygen atoms in total. The largest absolute Gasteiger partial charge is 0.329 e. The predicted octanol–water partition coefficient (Wildman–Crippen LogP) is 0.775. The van der Waals surface area contributed by atoms with Crippen LogP contribution < -0.4 is 11.2 Å². The molecular weight excluding hydrogens is 218 g/mol. The smallest absolute Gasteiger partial charge is 0.291 e. The average molecular weight is 227 g/mol. The lowest BCUT2D eigenvalue weighted by atomic mass is 10.2. The first-order valence-corrected chi connectivity index (χ1v) is 5.15. The van der Waals surface area contributed by atoms with Gasteiger partial charge in [-0.3, -0.25) is 14.3 Å². The van der Waals surface area contributed by atoms with Crippen LogP contribution in [0.5, 0.6) is 0 Å². The number of aromatic nitrogens is 3. The van der Waals surface area contributed by atoms with Crippen molar-refractivity contribution in [2.24, 2.45) is 7.05 Å². The van der Waals surface area contributed by atoms with Gasteiger partial charge in [-0.05, 0) is 12.1 Å². The average Bonchev–Trinajstić information content (AvgIpc) is 2.34. The summed E-state index contributed by atoms with van der Waals surface area (Å²) in [5.41, 5.74) is 0.299. The Morgan fingerprint density at radius 1 is 1.24 bits per heavy atom. The van der Waals surface area contributed by atoms with Gasteiger partial charge in [-0.15, -0.1) is 0 Å². The molecule has 2 heterocycles. The molecule has 2 aromatic heterocycles. The maximum Gasteiger partial charge on any atom is 0.329 e. The number of aromatic amines is 1. The normalized spacial score (nSPS) is 11.1. The molecule has 1 N–H and O–H groups in total. The third-order valence-corrected chi connectivity index (χ3v) is 2.79. The van der Waals surface area contributed by atoms with E-state index in [1.54, 1.807) is 6.07 Å². The van der Waals surface area contributed by atoms with Crippen LogP contribution >= 0.6 is 0 Å². The molecule has 0 aliphatic carbocycles. The first kappa shape index (κ1) is 9.77. The van der Waals surface area contributed by atoms with Gasteiger partial charge < -0.3 is 0 Å². The molecule has 0 saturated heterocycles. The van der Waals surface area contributed by atoms with Crippen molar-refractivity contribution in [2.45, 2.75) is 0 Å². The van der Waals surface area contributed by atoms with Crippen LogP contribution in [-0.4, -0.2) is 14.5 Å². The van der Waals surface area contributed by atoms with Crippen molar-refractivity contribution in [1.29, 1.82) is 0 Å². The standard InChI is InChI=1S/C12H9N3O2/c1-15-11(16)8-6-7-4-2-3-5-9(7)13-10(8)14-12(15)17/h2-6H,1H3,(H,13,14,17). The molecule has 84 valence electrons. The van der Waals surface area contributed by atoms with Crippen molar-refractivity contribution < 1.29 is 0 Å². The van der Waals surface area contributed by atoms with Gasteiger partial charge in [0.15, 0.2) is 0 Å². The van der Waals surface area contributed by atoms with E-state index in [0.29, 0.717) is 11.0 Å². The van der Waals surface area contributed by atoms with Crippen LogP contribution in [0.2, 0.25) is 0 Å². The van der Waals surface area contributed by atoms with Crippen LogP contribution in [0.4, 0.5) is 0 Å². The molecular formula is C12H9N3O2. The van der Waals surface area contributed by atoms with Gasteiger partial charge in [0.2, 0.25) is 0 Å². The van der Waals surface area contributed by atoms with Crippen molar-refractivity contribution in [3.05, 3.63) is 51.2 Å². The number of hydrogen-bond donors (Lipinski definition) is 1. The summed E-state index contributed by atoms with van der Waals surface area (Å²) in [5.74, 6) is 0. The minimum Gasteiger partial charge on any atom is -0.291 e. The highest BCUT2D eigenvalue weighted by Gasteiger charge is 2.06. The molecule has 0 spiro atoms. The molecule has 0 bridgehead atoms. The summed E-state index contributed by atoms with van der Waals surface area (Å²) < 4.78 is 1.04. The Bertz CT molecular complexity index is 846. The Morgan fingerprint density at radius 3 is 2.82 bits per heavy atom. The van der Waals surface area contributed by atoms with Crippen molar-refractivity contribution >= 4 is 21.9 Å². The van der Waals surface area contributed by atoms with Gasteiger partial charge in [0.25, 0.3) is 5.56 Å². The molecule has 1 aromatic carbocycles. The predicted molar refractivity (Wildman–Crippen MR) is 65.1 cm³/mol. The molecule has 0 saturated carbocycles. The van der Waals surface area contributed by atoms with Crippen LogP contribution in [-0.2, 0) is 7.05 Å². The van der Waals surface area contributed by atoms with Crippen molar-refractivity contribution in [2.75, 3.05) is 0 Å². The summed E-state index contributed by atoms with van der Waals surface area (Å²) in [6, 6.07) is 9.21. The topological polar surface area (TPSA) is 67.8 Å². The fraction of sp³-hybridized carbons (Fsp3) is 0.0833. The number of hydrogen-bond acceptors (Lipinski definition) is 3. The monoisotopic (exact) mass is 227 g/mol. The second-order valence-corrected chi connectivity index (χ2v) is 3.87. The van der Waals surface area contributed by atoms with Crippen molar-refractivity contribution in [3.8, 4) is 0 Å². The Morgan fingerprint density at radius 2 is 2.00 bits per heavy atom. The van der Waals surface area contributed by atoms with Gasteiger partial charge in [-0.2, -0.15) is 0 Å². The molecule has 17 heavy (non-hydrogen) atoms. The van der Waals surface area contributed by atoms with Gasteiger partial charge in [-0.1, -0.05) is 18.2 Å². The molecule has 0 aliphatic heterocycles. The zero-order chi connectivity index (χ0) is 12.0. The van der Waals surface area contributed by atoms with E-state index < -0.39 is 5.69 Å². The lowest BCUT2D eigenvalue weighted by molar-refractivity contribution is 0.791. The number of nitrogens with zero attached hydrogens (tertiary/aromatic N) is 2. The summed E-state index contributed by atoms with van der Waals surface area (Å²) in [7, 11) is 1.44. The number of benzene rings is 1. The summed E-state index contributed by atoms with van der Waals surface area (Å²) in [6.07, 6.45) is 0. The summed E-state index contributed by atoms with van der Waals surface area (Å²) in [5, 5.41) is 1.30. The van der Waals surface area contributed by atoms with E-state index in [1.807, 2.05) is 24.3 Å². The first-order chi connectivity index (χ1) is 8.16. The summed E-state index contributed by atoms with van der Waals surface area (Å²) >= 11 is 0. The van der Waals surface area contributed by atoms with Gasteiger partial charge in [0.1, 0.15) is 5.65 Å². The van der Waals surface area contributed by atoms with Crippen LogP contribution in [0.1, 0.15) is 0 Å². The Balaban J connectivity index is 2.62. The molecule has 0 atom stereocenters. The maximum absolute atomic E-state index is 11.9. The summed E-state index contributed by atoms with van der Waals surface area (Å²) in [6.45, 7) is 0.